The standard InChI is InChI=1S/C18H17ClFNO5S/c1-12(18(23)21-15-4-2-3-13(19)11-15)26-17(22)9-10-27(24,25)16-7-5-14(20)6-8-16/h2-8,11-12H,9-10H2,1H3,(H,21,23)/t12-/m0/s1. The van der Waals surface area contributed by atoms with E-state index in [2.05, 4.69) is 5.32 Å². The highest BCUT2D eigenvalue weighted by Crippen LogP contribution is 2.16. The Bertz CT molecular complexity index is 931. The summed E-state index contributed by atoms with van der Waals surface area (Å²) in [7, 11) is -3.76. The molecule has 0 spiro atoms. The Hall–Kier alpha value is -2.45. The molecule has 1 N–H and O–H groups in total. The van der Waals surface area contributed by atoms with Gasteiger partial charge < -0.3 is 10.1 Å². The Labute approximate surface area is 161 Å². The lowest BCUT2D eigenvalue weighted by Gasteiger charge is -2.13. The fourth-order valence-electron chi connectivity index (χ4n) is 2.10. The van der Waals surface area contributed by atoms with Crippen molar-refractivity contribution >= 4 is 39.0 Å². The van der Waals surface area contributed by atoms with Crippen molar-refractivity contribution in [2.75, 3.05) is 11.1 Å². The molecule has 1 amide bonds. The highest BCUT2D eigenvalue weighted by Gasteiger charge is 2.21. The smallest absolute Gasteiger partial charge is 0.307 e. The summed E-state index contributed by atoms with van der Waals surface area (Å²) < 4.78 is 42.1. The maximum Gasteiger partial charge on any atom is 0.307 e. The van der Waals surface area contributed by atoms with Crippen molar-refractivity contribution in [3.63, 3.8) is 0 Å². The first-order valence-electron chi connectivity index (χ1n) is 7.91. The molecule has 0 heterocycles. The first-order valence-corrected chi connectivity index (χ1v) is 9.94. The number of carbonyl (C=O) groups excluding carboxylic acids is 2. The zero-order chi connectivity index (χ0) is 20.0. The van der Waals surface area contributed by atoms with Gasteiger partial charge in [0, 0.05) is 10.7 Å². The van der Waals surface area contributed by atoms with Gasteiger partial charge in [0.25, 0.3) is 5.91 Å². The quantitative estimate of drug-likeness (QED) is 0.556. The van der Waals surface area contributed by atoms with Crippen LogP contribution in [-0.4, -0.2) is 32.2 Å². The molecule has 9 heteroatoms. The molecule has 1 atom stereocenters. The van der Waals surface area contributed by atoms with Crippen LogP contribution >= 0.6 is 11.6 Å². The zero-order valence-corrected chi connectivity index (χ0v) is 15.9. The lowest BCUT2D eigenvalue weighted by Crippen LogP contribution is -2.30. The summed E-state index contributed by atoms with van der Waals surface area (Å²) in [5.41, 5.74) is 0.439. The first kappa shape index (κ1) is 20.9. The van der Waals surface area contributed by atoms with E-state index in [1.165, 1.54) is 13.0 Å². The molecule has 144 valence electrons. The van der Waals surface area contributed by atoms with E-state index in [1.54, 1.807) is 18.2 Å². The summed E-state index contributed by atoms with van der Waals surface area (Å²) in [6, 6.07) is 10.7. The van der Waals surface area contributed by atoms with Gasteiger partial charge in [0.05, 0.1) is 17.1 Å². The van der Waals surface area contributed by atoms with E-state index in [-0.39, 0.29) is 4.90 Å². The van der Waals surface area contributed by atoms with Gasteiger partial charge in [-0.15, -0.1) is 0 Å². The molecule has 0 radical (unpaired) electrons. The summed E-state index contributed by atoms with van der Waals surface area (Å²) >= 11 is 5.82. The summed E-state index contributed by atoms with van der Waals surface area (Å²) in [5.74, 6) is -2.49. The number of anilines is 1. The molecule has 2 aromatic rings. The van der Waals surface area contributed by atoms with Gasteiger partial charge in [0.1, 0.15) is 5.82 Å². The molecular weight excluding hydrogens is 397 g/mol. The average molecular weight is 414 g/mol. The zero-order valence-electron chi connectivity index (χ0n) is 14.3. The number of halogens is 2. The number of benzene rings is 2. The maximum absolute atomic E-state index is 12.9. The monoisotopic (exact) mass is 413 g/mol. The summed E-state index contributed by atoms with van der Waals surface area (Å²) in [6.45, 7) is 1.37. The van der Waals surface area contributed by atoms with Crippen LogP contribution in [0, 0.1) is 5.82 Å². The van der Waals surface area contributed by atoms with Crippen molar-refractivity contribution in [1.82, 2.24) is 0 Å². The van der Waals surface area contributed by atoms with Crippen LogP contribution < -0.4 is 5.32 Å². The van der Waals surface area contributed by atoms with Crippen LogP contribution in [0.3, 0.4) is 0 Å². The number of hydrogen-bond donors (Lipinski definition) is 1. The number of nitrogens with one attached hydrogen (secondary N) is 1. The van der Waals surface area contributed by atoms with E-state index >= 15 is 0 Å². The van der Waals surface area contributed by atoms with Gasteiger partial charge in [-0.1, -0.05) is 17.7 Å². The van der Waals surface area contributed by atoms with Crippen LogP contribution in [0.2, 0.25) is 5.02 Å². The third-order valence-corrected chi connectivity index (χ3v) is 5.48. The van der Waals surface area contributed by atoms with Crippen molar-refractivity contribution in [3.05, 3.63) is 59.4 Å². The molecule has 0 saturated heterocycles. The third kappa shape index (κ3) is 6.33. The van der Waals surface area contributed by atoms with Gasteiger partial charge in [-0.3, -0.25) is 9.59 Å². The molecular formula is C18H17ClFNO5S. The van der Waals surface area contributed by atoms with Crippen molar-refractivity contribution in [3.8, 4) is 0 Å². The predicted octanol–water partition coefficient (Wildman–Crippen LogP) is 3.21. The Balaban J connectivity index is 1.87. The molecule has 0 aliphatic rings. The van der Waals surface area contributed by atoms with Gasteiger partial charge >= 0.3 is 5.97 Å². The second-order valence-corrected chi connectivity index (χ2v) is 8.20. The normalized spacial score (nSPS) is 12.3. The SMILES string of the molecule is C[C@H](OC(=O)CCS(=O)(=O)c1ccc(F)cc1)C(=O)Nc1cccc(Cl)c1. The molecule has 0 unspecified atom stereocenters. The molecule has 0 fully saturated rings. The van der Waals surface area contributed by atoms with Crippen LogP contribution in [-0.2, 0) is 24.2 Å². The van der Waals surface area contributed by atoms with E-state index in [9.17, 15) is 22.4 Å². The maximum atomic E-state index is 12.9. The number of esters is 1. The van der Waals surface area contributed by atoms with Crippen LogP contribution in [0.15, 0.2) is 53.4 Å². The number of amides is 1. The van der Waals surface area contributed by atoms with Crippen molar-refractivity contribution in [2.24, 2.45) is 0 Å². The largest absolute Gasteiger partial charge is 0.453 e. The van der Waals surface area contributed by atoms with Crippen LogP contribution in [0.25, 0.3) is 0 Å². The average Bonchev–Trinajstić information content (AvgIpc) is 2.60. The van der Waals surface area contributed by atoms with E-state index in [1.807, 2.05) is 0 Å². The minimum atomic E-state index is -3.76. The van der Waals surface area contributed by atoms with Gasteiger partial charge in [-0.2, -0.15) is 0 Å². The fraction of sp³-hybridized carbons (Fsp3) is 0.222. The van der Waals surface area contributed by atoms with Crippen molar-refractivity contribution < 1.29 is 27.1 Å². The molecule has 0 bridgehead atoms. The highest BCUT2D eigenvalue weighted by atomic mass is 35.5. The molecule has 0 aromatic heterocycles. The number of rotatable bonds is 7. The fourth-order valence-corrected chi connectivity index (χ4v) is 3.51. The minimum Gasteiger partial charge on any atom is -0.453 e. The first-order chi connectivity index (χ1) is 12.7. The summed E-state index contributed by atoms with van der Waals surface area (Å²) in [6.07, 6.45) is -1.56. The van der Waals surface area contributed by atoms with Gasteiger partial charge in [0.2, 0.25) is 0 Å². The van der Waals surface area contributed by atoms with Gasteiger partial charge in [0.15, 0.2) is 15.9 Å². The van der Waals surface area contributed by atoms with Crippen LogP contribution in [0.4, 0.5) is 10.1 Å². The predicted molar refractivity (Wildman–Crippen MR) is 98.7 cm³/mol. The third-order valence-electron chi connectivity index (χ3n) is 3.52. The molecule has 6 nitrogen and oxygen atoms in total. The summed E-state index contributed by atoms with van der Waals surface area (Å²) in [4.78, 5) is 23.8. The molecule has 27 heavy (non-hydrogen) atoms. The number of carbonyl (C=O) groups is 2. The van der Waals surface area contributed by atoms with Crippen LogP contribution in [0.1, 0.15) is 13.3 Å². The number of ether oxygens (including phenoxy) is 1. The highest BCUT2D eigenvalue weighted by molar-refractivity contribution is 7.91. The second-order valence-electron chi connectivity index (χ2n) is 5.65. The van der Waals surface area contributed by atoms with Gasteiger partial charge in [-0.05, 0) is 49.4 Å². The number of sulfone groups is 1. The van der Waals surface area contributed by atoms with E-state index in [4.69, 9.17) is 16.3 Å². The summed E-state index contributed by atoms with van der Waals surface area (Å²) in [5, 5.41) is 2.97. The molecule has 0 saturated carbocycles. The Morgan fingerprint density at radius 2 is 1.85 bits per heavy atom. The Kier molecular flexibility index (Phi) is 6.92. The lowest BCUT2D eigenvalue weighted by molar-refractivity contribution is -0.152. The Morgan fingerprint density at radius 1 is 1.19 bits per heavy atom. The second kappa shape index (κ2) is 8.96. The molecule has 2 rings (SSSR count). The minimum absolute atomic E-state index is 0.0940. The Morgan fingerprint density at radius 3 is 2.48 bits per heavy atom. The van der Waals surface area contributed by atoms with E-state index in [0.29, 0.717) is 10.7 Å². The topological polar surface area (TPSA) is 89.5 Å². The van der Waals surface area contributed by atoms with Gasteiger partial charge in [-0.25, -0.2) is 12.8 Å². The van der Waals surface area contributed by atoms with Crippen molar-refractivity contribution in [2.45, 2.75) is 24.3 Å². The van der Waals surface area contributed by atoms with E-state index < -0.39 is 45.8 Å². The number of hydrogen-bond acceptors (Lipinski definition) is 5. The van der Waals surface area contributed by atoms with E-state index in [0.717, 1.165) is 24.3 Å². The van der Waals surface area contributed by atoms with Crippen molar-refractivity contribution in [1.29, 1.82) is 0 Å². The van der Waals surface area contributed by atoms with Crippen LogP contribution in [0.5, 0.6) is 0 Å². The molecule has 0 aliphatic carbocycles. The molecule has 2 aromatic carbocycles. The lowest BCUT2D eigenvalue weighted by atomic mass is 10.3. The molecule has 0 aliphatic heterocycles.